The molecule has 0 spiro atoms. The zero-order chi connectivity index (χ0) is 9.84. The van der Waals surface area contributed by atoms with Crippen molar-refractivity contribution in [3.05, 3.63) is 0 Å². The van der Waals surface area contributed by atoms with Crippen LogP contribution in [0.3, 0.4) is 0 Å². The maximum absolute atomic E-state index is 13.0. The van der Waals surface area contributed by atoms with Crippen molar-refractivity contribution in [1.29, 1.82) is 0 Å². The average Bonchev–Trinajstić information content (AvgIpc) is 2.04. The van der Waals surface area contributed by atoms with Gasteiger partial charge in [-0.25, -0.2) is 4.39 Å². The molecule has 1 rings (SSSR count). The molecule has 0 amide bonds. The van der Waals surface area contributed by atoms with E-state index in [1.54, 1.807) is 4.90 Å². The Kier molecular flexibility index (Phi) is 3.66. The SMILES string of the molecule is CC[C@H](C(=O)O)N1CCC[C@H](F)C1. The van der Waals surface area contributed by atoms with Crippen molar-refractivity contribution in [2.24, 2.45) is 0 Å². The Morgan fingerprint density at radius 1 is 1.77 bits per heavy atom. The van der Waals surface area contributed by atoms with Crippen LogP contribution in [-0.4, -0.2) is 41.3 Å². The Morgan fingerprint density at radius 3 is 2.92 bits per heavy atom. The van der Waals surface area contributed by atoms with Crippen molar-refractivity contribution in [2.75, 3.05) is 13.1 Å². The number of hydrogen-bond donors (Lipinski definition) is 1. The summed E-state index contributed by atoms with van der Waals surface area (Å²) in [6.07, 6.45) is 1.04. The molecule has 0 bridgehead atoms. The highest BCUT2D eigenvalue weighted by atomic mass is 19.1. The molecule has 0 aromatic heterocycles. The molecule has 1 N–H and O–H groups in total. The number of carboxylic acids is 1. The first-order chi connectivity index (χ1) is 6.15. The minimum atomic E-state index is -0.845. The second kappa shape index (κ2) is 4.56. The first kappa shape index (κ1) is 10.4. The largest absolute Gasteiger partial charge is 0.480 e. The van der Waals surface area contributed by atoms with E-state index in [1.165, 1.54) is 0 Å². The molecule has 0 aliphatic carbocycles. The molecule has 1 heterocycles. The van der Waals surface area contributed by atoms with Crippen LogP contribution >= 0.6 is 0 Å². The van der Waals surface area contributed by atoms with Gasteiger partial charge >= 0.3 is 5.97 Å². The Hall–Kier alpha value is -0.640. The van der Waals surface area contributed by atoms with Gasteiger partial charge < -0.3 is 5.11 Å². The molecule has 76 valence electrons. The van der Waals surface area contributed by atoms with Gasteiger partial charge in [0.05, 0.1) is 0 Å². The molecule has 3 nitrogen and oxygen atoms in total. The summed E-state index contributed by atoms with van der Waals surface area (Å²) in [5.41, 5.74) is 0. The summed E-state index contributed by atoms with van der Waals surface area (Å²) in [5, 5.41) is 8.85. The smallest absolute Gasteiger partial charge is 0.320 e. The number of aliphatic carboxylic acids is 1. The van der Waals surface area contributed by atoms with Crippen LogP contribution in [-0.2, 0) is 4.79 Å². The van der Waals surface area contributed by atoms with Gasteiger partial charge in [0.2, 0.25) is 0 Å². The van der Waals surface area contributed by atoms with E-state index in [0.717, 1.165) is 6.42 Å². The number of likely N-dealkylation sites (tertiary alicyclic amines) is 1. The molecule has 13 heavy (non-hydrogen) atoms. The first-order valence-electron chi connectivity index (χ1n) is 4.76. The Bertz CT molecular complexity index is 186. The van der Waals surface area contributed by atoms with Gasteiger partial charge in [-0.05, 0) is 25.8 Å². The minimum absolute atomic E-state index is 0.283. The van der Waals surface area contributed by atoms with Gasteiger partial charge in [0, 0.05) is 6.54 Å². The molecular weight excluding hydrogens is 173 g/mol. The molecule has 0 unspecified atom stereocenters. The summed E-state index contributed by atoms with van der Waals surface area (Å²) < 4.78 is 13.0. The fourth-order valence-electron chi connectivity index (χ4n) is 1.82. The lowest BCUT2D eigenvalue weighted by molar-refractivity contribution is -0.144. The van der Waals surface area contributed by atoms with Crippen molar-refractivity contribution < 1.29 is 14.3 Å². The predicted octanol–water partition coefficient (Wildman–Crippen LogP) is 1.28. The van der Waals surface area contributed by atoms with Crippen molar-refractivity contribution in [1.82, 2.24) is 4.90 Å². The predicted molar refractivity (Wildman–Crippen MR) is 47.4 cm³/mol. The zero-order valence-electron chi connectivity index (χ0n) is 7.87. The summed E-state index contributed by atoms with van der Waals surface area (Å²) in [6.45, 7) is 2.82. The van der Waals surface area contributed by atoms with E-state index in [9.17, 15) is 9.18 Å². The number of rotatable bonds is 3. The molecule has 1 saturated heterocycles. The summed E-state index contributed by atoms with van der Waals surface area (Å²) in [7, 11) is 0. The van der Waals surface area contributed by atoms with E-state index in [-0.39, 0.29) is 6.54 Å². The van der Waals surface area contributed by atoms with Crippen LogP contribution < -0.4 is 0 Å². The van der Waals surface area contributed by atoms with Crippen molar-refractivity contribution in [2.45, 2.75) is 38.4 Å². The van der Waals surface area contributed by atoms with Gasteiger partial charge in [-0.2, -0.15) is 0 Å². The van der Waals surface area contributed by atoms with Crippen molar-refractivity contribution in [3.63, 3.8) is 0 Å². The average molecular weight is 189 g/mol. The maximum atomic E-state index is 13.0. The van der Waals surface area contributed by atoms with Crippen LogP contribution in [0.25, 0.3) is 0 Å². The third-order valence-corrected chi connectivity index (χ3v) is 2.51. The maximum Gasteiger partial charge on any atom is 0.320 e. The van der Waals surface area contributed by atoms with Crippen LogP contribution in [0.4, 0.5) is 4.39 Å². The fraction of sp³-hybridized carbons (Fsp3) is 0.889. The molecule has 0 saturated carbocycles. The number of carboxylic acid groups (broad SMARTS) is 1. The lowest BCUT2D eigenvalue weighted by atomic mass is 10.1. The van der Waals surface area contributed by atoms with Crippen molar-refractivity contribution >= 4 is 5.97 Å². The monoisotopic (exact) mass is 189 g/mol. The van der Waals surface area contributed by atoms with Gasteiger partial charge in [0.15, 0.2) is 0 Å². The third kappa shape index (κ3) is 2.66. The summed E-state index contributed by atoms with van der Waals surface area (Å²) in [4.78, 5) is 12.5. The molecule has 0 radical (unpaired) electrons. The Labute approximate surface area is 77.5 Å². The molecule has 1 fully saturated rings. The van der Waals surface area contributed by atoms with Crippen LogP contribution in [0.5, 0.6) is 0 Å². The van der Waals surface area contributed by atoms with E-state index >= 15 is 0 Å². The Morgan fingerprint density at radius 2 is 2.46 bits per heavy atom. The van der Waals surface area contributed by atoms with Gasteiger partial charge in [0.1, 0.15) is 12.2 Å². The lowest BCUT2D eigenvalue weighted by Gasteiger charge is -2.32. The highest BCUT2D eigenvalue weighted by molar-refractivity contribution is 5.73. The Balaban J connectivity index is 2.52. The minimum Gasteiger partial charge on any atom is -0.480 e. The number of hydrogen-bond acceptors (Lipinski definition) is 2. The first-order valence-corrected chi connectivity index (χ1v) is 4.76. The molecule has 0 aromatic rings. The molecule has 1 aliphatic rings. The normalized spacial score (nSPS) is 27.1. The van der Waals surface area contributed by atoms with E-state index in [0.29, 0.717) is 19.4 Å². The van der Waals surface area contributed by atoms with E-state index in [2.05, 4.69) is 0 Å². The number of nitrogens with zero attached hydrogens (tertiary/aromatic N) is 1. The van der Waals surface area contributed by atoms with Crippen molar-refractivity contribution in [3.8, 4) is 0 Å². The topological polar surface area (TPSA) is 40.5 Å². The van der Waals surface area contributed by atoms with Gasteiger partial charge in [-0.3, -0.25) is 9.69 Å². The van der Waals surface area contributed by atoms with Gasteiger partial charge in [-0.15, -0.1) is 0 Å². The fourth-order valence-corrected chi connectivity index (χ4v) is 1.82. The lowest BCUT2D eigenvalue weighted by Crippen LogP contribution is -2.47. The number of carbonyl (C=O) groups is 1. The summed E-state index contributed by atoms with van der Waals surface area (Å²) in [6, 6.07) is -0.501. The molecule has 4 heteroatoms. The molecule has 1 aliphatic heterocycles. The second-order valence-electron chi connectivity index (χ2n) is 3.50. The van der Waals surface area contributed by atoms with E-state index in [1.807, 2.05) is 6.92 Å². The van der Waals surface area contributed by atoms with Crippen LogP contribution in [0, 0.1) is 0 Å². The number of halogens is 1. The van der Waals surface area contributed by atoms with Crippen LogP contribution in [0.2, 0.25) is 0 Å². The number of piperidine rings is 1. The summed E-state index contributed by atoms with van der Waals surface area (Å²) in [5.74, 6) is -0.836. The van der Waals surface area contributed by atoms with Crippen LogP contribution in [0.1, 0.15) is 26.2 Å². The van der Waals surface area contributed by atoms with Gasteiger partial charge in [0.25, 0.3) is 0 Å². The highest BCUT2D eigenvalue weighted by Gasteiger charge is 2.28. The number of alkyl halides is 1. The summed E-state index contributed by atoms with van der Waals surface area (Å²) >= 11 is 0. The highest BCUT2D eigenvalue weighted by Crippen LogP contribution is 2.16. The van der Waals surface area contributed by atoms with E-state index < -0.39 is 18.2 Å². The quantitative estimate of drug-likeness (QED) is 0.727. The second-order valence-corrected chi connectivity index (χ2v) is 3.50. The molecule has 0 aromatic carbocycles. The third-order valence-electron chi connectivity index (χ3n) is 2.51. The van der Waals surface area contributed by atoms with E-state index in [4.69, 9.17) is 5.11 Å². The standard InChI is InChI=1S/C9H16FNO2/c1-2-8(9(12)13)11-5-3-4-7(10)6-11/h7-8H,2-6H2,1H3,(H,12,13)/t7-,8+/m0/s1. The van der Waals surface area contributed by atoms with Gasteiger partial charge in [-0.1, -0.05) is 6.92 Å². The molecular formula is C9H16FNO2. The van der Waals surface area contributed by atoms with Crippen LogP contribution in [0.15, 0.2) is 0 Å². The molecule has 2 atom stereocenters. The zero-order valence-corrected chi connectivity index (χ0v) is 7.87.